The summed E-state index contributed by atoms with van der Waals surface area (Å²) in [5, 5.41) is 0. The Hall–Kier alpha value is -0.0800. The molecule has 0 rings (SSSR count). The quantitative estimate of drug-likeness (QED) is 0.576. The number of ether oxygens (including phenoxy) is 1. The summed E-state index contributed by atoms with van der Waals surface area (Å²) in [5.74, 6) is 0. The highest BCUT2D eigenvalue weighted by Gasteiger charge is 1.97. The maximum atomic E-state index is 5.66. The largest absolute Gasteiger partial charge is 0.380 e. The van der Waals surface area contributed by atoms with Crippen LogP contribution in [0.1, 0.15) is 39.5 Å². The van der Waals surface area contributed by atoms with Gasteiger partial charge in [0.2, 0.25) is 0 Å². The predicted octanol–water partition coefficient (Wildman–Crippen LogP) is 1.93. The number of hydrogen-bond donors (Lipinski definition) is 1. The van der Waals surface area contributed by atoms with Crippen LogP contribution in [0.25, 0.3) is 0 Å². The molecule has 0 saturated heterocycles. The first kappa shape index (κ1) is 10.9. The molecule has 0 bridgehead atoms. The number of unbranched alkanes of at least 4 members (excludes halogenated alkanes) is 2. The molecule has 0 aromatic heterocycles. The zero-order valence-corrected chi connectivity index (χ0v) is 7.81. The van der Waals surface area contributed by atoms with E-state index in [-0.39, 0.29) is 6.04 Å². The summed E-state index contributed by atoms with van der Waals surface area (Å²) >= 11 is 0. The van der Waals surface area contributed by atoms with E-state index in [1.807, 2.05) is 0 Å². The Morgan fingerprint density at radius 3 is 2.55 bits per heavy atom. The lowest BCUT2D eigenvalue weighted by Crippen LogP contribution is -2.25. The molecule has 0 saturated carbocycles. The van der Waals surface area contributed by atoms with Crippen LogP contribution in [0.4, 0.5) is 0 Å². The highest BCUT2D eigenvalue weighted by molar-refractivity contribution is 4.54. The van der Waals surface area contributed by atoms with Crippen molar-refractivity contribution in [3.05, 3.63) is 0 Å². The van der Waals surface area contributed by atoms with E-state index in [2.05, 4.69) is 13.8 Å². The van der Waals surface area contributed by atoms with Gasteiger partial charge in [0.1, 0.15) is 0 Å². The fraction of sp³-hybridized carbons (Fsp3) is 1.00. The van der Waals surface area contributed by atoms with Crippen LogP contribution in [0.2, 0.25) is 0 Å². The Morgan fingerprint density at radius 2 is 2.00 bits per heavy atom. The summed E-state index contributed by atoms with van der Waals surface area (Å²) in [6.45, 7) is 5.87. The minimum absolute atomic E-state index is 0.233. The molecule has 1 atom stereocenters. The maximum Gasteiger partial charge on any atom is 0.0617 e. The Kier molecular flexibility index (Phi) is 7.96. The van der Waals surface area contributed by atoms with Gasteiger partial charge in [-0.2, -0.15) is 0 Å². The molecule has 0 heterocycles. The molecule has 0 radical (unpaired) electrons. The van der Waals surface area contributed by atoms with E-state index < -0.39 is 0 Å². The molecule has 2 N–H and O–H groups in total. The first-order chi connectivity index (χ1) is 5.31. The molecule has 0 aliphatic carbocycles. The number of rotatable bonds is 7. The maximum absolute atomic E-state index is 5.66. The second-order valence-corrected chi connectivity index (χ2v) is 2.95. The van der Waals surface area contributed by atoms with Gasteiger partial charge >= 0.3 is 0 Å². The minimum atomic E-state index is 0.233. The third-order valence-electron chi connectivity index (χ3n) is 1.75. The fourth-order valence-corrected chi connectivity index (χ4v) is 0.807. The summed E-state index contributed by atoms with van der Waals surface area (Å²) < 4.78 is 5.36. The average molecular weight is 159 g/mol. The Morgan fingerprint density at radius 1 is 1.27 bits per heavy atom. The average Bonchev–Trinajstić information content (AvgIpc) is 2.04. The van der Waals surface area contributed by atoms with Crippen LogP contribution in [-0.2, 0) is 4.74 Å². The Labute approximate surface area is 70.1 Å². The summed E-state index contributed by atoms with van der Waals surface area (Å²) in [4.78, 5) is 0. The molecule has 1 unspecified atom stereocenters. The molecule has 0 aromatic carbocycles. The molecule has 2 nitrogen and oxygen atoms in total. The van der Waals surface area contributed by atoms with Crippen LogP contribution in [0.5, 0.6) is 0 Å². The van der Waals surface area contributed by atoms with Gasteiger partial charge in [0.15, 0.2) is 0 Å². The van der Waals surface area contributed by atoms with Crippen molar-refractivity contribution >= 4 is 0 Å². The van der Waals surface area contributed by atoms with Gasteiger partial charge in [0.05, 0.1) is 6.61 Å². The standard InChI is InChI=1S/C9H21NO/c1-3-5-6-7-11-8-9(10)4-2/h9H,3-8,10H2,1-2H3. The molecule has 0 amide bonds. The van der Waals surface area contributed by atoms with E-state index in [0.29, 0.717) is 0 Å². The van der Waals surface area contributed by atoms with Gasteiger partial charge < -0.3 is 10.5 Å². The van der Waals surface area contributed by atoms with Crippen LogP contribution in [-0.4, -0.2) is 19.3 Å². The van der Waals surface area contributed by atoms with Crippen molar-refractivity contribution in [1.29, 1.82) is 0 Å². The second-order valence-electron chi connectivity index (χ2n) is 2.95. The van der Waals surface area contributed by atoms with Gasteiger partial charge in [0.25, 0.3) is 0 Å². The topological polar surface area (TPSA) is 35.2 Å². The molecule has 0 spiro atoms. The van der Waals surface area contributed by atoms with Crippen molar-refractivity contribution in [2.24, 2.45) is 5.73 Å². The van der Waals surface area contributed by atoms with Crippen LogP contribution < -0.4 is 5.73 Å². The van der Waals surface area contributed by atoms with Gasteiger partial charge in [-0.1, -0.05) is 26.7 Å². The van der Waals surface area contributed by atoms with Crippen molar-refractivity contribution in [2.75, 3.05) is 13.2 Å². The van der Waals surface area contributed by atoms with Gasteiger partial charge in [-0.25, -0.2) is 0 Å². The lowest BCUT2D eigenvalue weighted by atomic mass is 10.2. The van der Waals surface area contributed by atoms with Crippen LogP contribution in [0, 0.1) is 0 Å². The van der Waals surface area contributed by atoms with Crippen LogP contribution in [0.15, 0.2) is 0 Å². The molecule has 0 fully saturated rings. The molecule has 68 valence electrons. The van der Waals surface area contributed by atoms with Crippen molar-refractivity contribution < 1.29 is 4.74 Å². The molecule has 0 aromatic rings. The first-order valence-corrected chi connectivity index (χ1v) is 4.64. The predicted molar refractivity (Wildman–Crippen MR) is 48.6 cm³/mol. The smallest absolute Gasteiger partial charge is 0.0617 e. The molecule has 0 aliphatic heterocycles. The number of hydrogen-bond acceptors (Lipinski definition) is 2. The van der Waals surface area contributed by atoms with Crippen molar-refractivity contribution in [3.63, 3.8) is 0 Å². The summed E-state index contributed by atoms with van der Waals surface area (Å²) in [7, 11) is 0. The third-order valence-corrected chi connectivity index (χ3v) is 1.75. The van der Waals surface area contributed by atoms with Crippen LogP contribution >= 0.6 is 0 Å². The Bertz CT molecular complexity index is 76.0. The summed E-state index contributed by atoms with van der Waals surface area (Å²) in [5.41, 5.74) is 5.66. The molecule has 2 heteroatoms. The fourth-order valence-electron chi connectivity index (χ4n) is 0.807. The van der Waals surface area contributed by atoms with Gasteiger partial charge in [-0.05, 0) is 12.8 Å². The second kappa shape index (κ2) is 8.02. The zero-order valence-electron chi connectivity index (χ0n) is 7.81. The summed E-state index contributed by atoms with van der Waals surface area (Å²) in [6, 6.07) is 0.233. The number of nitrogens with two attached hydrogens (primary N) is 1. The van der Waals surface area contributed by atoms with E-state index >= 15 is 0 Å². The van der Waals surface area contributed by atoms with Crippen molar-refractivity contribution in [2.45, 2.75) is 45.6 Å². The molecular formula is C9H21NO. The van der Waals surface area contributed by atoms with Crippen molar-refractivity contribution in [1.82, 2.24) is 0 Å². The first-order valence-electron chi connectivity index (χ1n) is 4.64. The van der Waals surface area contributed by atoms with Gasteiger partial charge in [-0.15, -0.1) is 0 Å². The normalized spacial score (nSPS) is 13.4. The third kappa shape index (κ3) is 7.82. The molecule has 11 heavy (non-hydrogen) atoms. The van der Waals surface area contributed by atoms with E-state index in [0.717, 1.165) is 19.6 Å². The van der Waals surface area contributed by atoms with E-state index in [9.17, 15) is 0 Å². The minimum Gasteiger partial charge on any atom is -0.380 e. The zero-order chi connectivity index (χ0) is 8.53. The molecular weight excluding hydrogens is 138 g/mol. The van der Waals surface area contributed by atoms with Gasteiger partial charge in [0, 0.05) is 12.6 Å². The highest BCUT2D eigenvalue weighted by atomic mass is 16.5. The monoisotopic (exact) mass is 159 g/mol. The SMILES string of the molecule is CCCCCOCC(N)CC. The van der Waals surface area contributed by atoms with Crippen LogP contribution in [0.3, 0.4) is 0 Å². The van der Waals surface area contributed by atoms with Crippen molar-refractivity contribution in [3.8, 4) is 0 Å². The molecule has 0 aliphatic rings. The highest BCUT2D eigenvalue weighted by Crippen LogP contribution is 1.95. The van der Waals surface area contributed by atoms with Gasteiger partial charge in [-0.3, -0.25) is 0 Å². The van der Waals surface area contributed by atoms with E-state index in [1.54, 1.807) is 0 Å². The van der Waals surface area contributed by atoms with E-state index in [4.69, 9.17) is 10.5 Å². The lowest BCUT2D eigenvalue weighted by Gasteiger charge is -2.08. The van der Waals surface area contributed by atoms with E-state index in [1.165, 1.54) is 19.3 Å². The Balaban J connectivity index is 2.89. The summed E-state index contributed by atoms with van der Waals surface area (Å²) in [6.07, 6.45) is 4.70. The lowest BCUT2D eigenvalue weighted by molar-refractivity contribution is 0.116.